The molecule has 0 amide bonds. The molecule has 0 aromatic heterocycles. The second-order valence-electron chi connectivity index (χ2n) is 7.12. The summed E-state index contributed by atoms with van der Waals surface area (Å²) < 4.78 is 11.6. The SMILES string of the molecule is CCCCCCCCC(=O)O[C@@H](COCc1ccccc1)CN(CC)CC. The zero-order valence-electron chi connectivity index (χ0n) is 17.6. The molecule has 0 saturated heterocycles. The molecule has 0 unspecified atom stereocenters. The molecule has 0 bridgehead atoms. The number of hydrogen-bond acceptors (Lipinski definition) is 4. The van der Waals surface area contributed by atoms with Crippen LogP contribution in [0.25, 0.3) is 0 Å². The Morgan fingerprint density at radius 1 is 0.963 bits per heavy atom. The number of carbonyl (C=O) groups excluding carboxylic acids is 1. The van der Waals surface area contributed by atoms with E-state index < -0.39 is 0 Å². The number of carbonyl (C=O) groups is 1. The first-order valence-electron chi connectivity index (χ1n) is 10.7. The molecule has 4 nitrogen and oxygen atoms in total. The third kappa shape index (κ3) is 11.8. The summed E-state index contributed by atoms with van der Waals surface area (Å²) in [6, 6.07) is 10.1. The van der Waals surface area contributed by atoms with Gasteiger partial charge in [0.25, 0.3) is 0 Å². The number of nitrogens with zero attached hydrogens (tertiary/aromatic N) is 1. The molecular formula is C23H39NO3. The molecule has 0 N–H and O–H groups in total. The minimum atomic E-state index is -0.207. The molecule has 1 aromatic rings. The highest BCUT2D eigenvalue weighted by molar-refractivity contribution is 5.69. The van der Waals surface area contributed by atoms with E-state index in [9.17, 15) is 4.79 Å². The standard InChI is InChI=1S/C23H39NO3/c1-4-7-8-9-10-14-17-23(25)27-22(18-24(5-2)6-3)20-26-19-21-15-12-11-13-16-21/h11-13,15-16,22H,4-10,14,17-20H2,1-3H3/t22-/m1/s1. The molecule has 0 aliphatic carbocycles. The second kappa shape index (κ2) is 15.6. The number of hydrogen-bond donors (Lipinski definition) is 0. The Bertz CT molecular complexity index is 474. The molecule has 0 radical (unpaired) electrons. The van der Waals surface area contributed by atoms with Gasteiger partial charge in [-0.25, -0.2) is 0 Å². The Hall–Kier alpha value is -1.39. The van der Waals surface area contributed by atoms with E-state index in [1.807, 2.05) is 30.3 Å². The lowest BCUT2D eigenvalue weighted by Crippen LogP contribution is -2.37. The Morgan fingerprint density at radius 3 is 2.30 bits per heavy atom. The highest BCUT2D eigenvalue weighted by Crippen LogP contribution is 2.10. The maximum Gasteiger partial charge on any atom is 0.306 e. The number of likely N-dealkylation sites (N-methyl/N-ethyl adjacent to an activating group) is 1. The van der Waals surface area contributed by atoms with Crippen LogP contribution in [0.3, 0.4) is 0 Å². The smallest absolute Gasteiger partial charge is 0.306 e. The van der Waals surface area contributed by atoms with Crippen LogP contribution in [0.2, 0.25) is 0 Å². The first kappa shape index (κ1) is 23.6. The summed E-state index contributed by atoms with van der Waals surface area (Å²) in [7, 11) is 0. The third-order valence-electron chi connectivity index (χ3n) is 4.80. The number of unbranched alkanes of at least 4 members (excludes halogenated alkanes) is 5. The van der Waals surface area contributed by atoms with Crippen molar-refractivity contribution in [3.63, 3.8) is 0 Å². The van der Waals surface area contributed by atoms with Crippen molar-refractivity contribution in [1.29, 1.82) is 0 Å². The van der Waals surface area contributed by atoms with Crippen LogP contribution in [0.1, 0.15) is 71.3 Å². The van der Waals surface area contributed by atoms with Crippen molar-refractivity contribution in [2.45, 2.75) is 78.4 Å². The van der Waals surface area contributed by atoms with Crippen LogP contribution in [0.15, 0.2) is 30.3 Å². The Morgan fingerprint density at radius 2 is 1.63 bits per heavy atom. The Balaban J connectivity index is 2.37. The summed E-state index contributed by atoms with van der Waals surface area (Å²) >= 11 is 0. The van der Waals surface area contributed by atoms with E-state index in [1.54, 1.807) is 0 Å². The predicted molar refractivity (Wildman–Crippen MR) is 112 cm³/mol. The van der Waals surface area contributed by atoms with Crippen LogP contribution < -0.4 is 0 Å². The molecule has 0 heterocycles. The minimum absolute atomic E-state index is 0.0917. The monoisotopic (exact) mass is 377 g/mol. The highest BCUT2D eigenvalue weighted by Gasteiger charge is 2.17. The van der Waals surface area contributed by atoms with Gasteiger partial charge < -0.3 is 14.4 Å². The van der Waals surface area contributed by atoms with E-state index in [-0.39, 0.29) is 12.1 Å². The van der Waals surface area contributed by atoms with Gasteiger partial charge in [0.2, 0.25) is 0 Å². The quantitative estimate of drug-likeness (QED) is 0.293. The number of ether oxygens (including phenoxy) is 2. The zero-order valence-corrected chi connectivity index (χ0v) is 17.6. The van der Waals surface area contributed by atoms with Gasteiger partial charge in [0.05, 0.1) is 13.2 Å². The van der Waals surface area contributed by atoms with E-state index in [0.717, 1.165) is 38.0 Å². The molecule has 1 aromatic carbocycles. The molecule has 0 aliphatic heterocycles. The summed E-state index contributed by atoms with van der Waals surface area (Å²) in [6.07, 6.45) is 7.35. The van der Waals surface area contributed by atoms with Gasteiger partial charge in [-0.05, 0) is 25.1 Å². The van der Waals surface area contributed by atoms with Gasteiger partial charge in [0, 0.05) is 13.0 Å². The molecule has 27 heavy (non-hydrogen) atoms. The van der Waals surface area contributed by atoms with Crippen molar-refractivity contribution in [2.75, 3.05) is 26.2 Å². The summed E-state index contributed by atoms with van der Waals surface area (Å²) in [5.74, 6) is -0.0917. The Kier molecular flexibility index (Phi) is 13.7. The summed E-state index contributed by atoms with van der Waals surface area (Å²) in [5, 5.41) is 0. The molecule has 0 saturated carbocycles. The lowest BCUT2D eigenvalue weighted by molar-refractivity contribution is -0.153. The molecule has 1 atom stereocenters. The van der Waals surface area contributed by atoms with Crippen molar-refractivity contribution >= 4 is 5.97 Å². The normalized spacial score (nSPS) is 12.3. The van der Waals surface area contributed by atoms with Crippen molar-refractivity contribution in [3.05, 3.63) is 35.9 Å². The molecule has 0 spiro atoms. The van der Waals surface area contributed by atoms with Gasteiger partial charge in [0.15, 0.2) is 0 Å². The van der Waals surface area contributed by atoms with Gasteiger partial charge in [-0.2, -0.15) is 0 Å². The zero-order chi connectivity index (χ0) is 19.7. The molecular weight excluding hydrogens is 338 g/mol. The largest absolute Gasteiger partial charge is 0.459 e. The van der Waals surface area contributed by atoms with Crippen LogP contribution in [-0.4, -0.2) is 43.2 Å². The molecule has 0 fully saturated rings. The second-order valence-corrected chi connectivity index (χ2v) is 7.12. The fraction of sp³-hybridized carbons (Fsp3) is 0.696. The fourth-order valence-electron chi connectivity index (χ4n) is 3.07. The summed E-state index contributed by atoms with van der Waals surface area (Å²) in [5.41, 5.74) is 1.14. The first-order chi connectivity index (χ1) is 13.2. The maximum absolute atomic E-state index is 12.2. The lowest BCUT2D eigenvalue weighted by atomic mass is 10.1. The Labute approximate surface area is 166 Å². The van der Waals surface area contributed by atoms with Gasteiger partial charge >= 0.3 is 5.97 Å². The van der Waals surface area contributed by atoms with Crippen molar-refractivity contribution < 1.29 is 14.3 Å². The van der Waals surface area contributed by atoms with Gasteiger partial charge in [0.1, 0.15) is 6.10 Å². The maximum atomic E-state index is 12.2. The highest BCUT2D eigenvalue weighted by atomic mass is 16.6. The molecule has 154 valence electrons. The first-order valence-corrected chi connectivity index (χ1v) is 10.7. The van der Waals surface area contributed by atoms with E-state index in [2.05, 4.69) is 25.7 Å². The van der Waals surface area contributed by atoms with Crippen LogP contribution in [0, 0.1) is 0 Å². The van der Waals surface area contributed by atoms with E-state index in [1.165, 1.54) is 25.7 Å². The predicted octanol–water partition coefficient (Wildman–Crippen LogP) is 5.21. The number of esters is 1. The number of rotatable bonds is 16. The average Bonchev–Trinajstić information content (AvgIpc) is 2.69. The molecule has 0 aliphatic rings. The average molecular weight is 378 g/mol. The van der Waals surface area contributed by atoms with Crippen molar-refractivity contribution in [2.24, 2.45) is 0 Å². The fourth-order valence-corrected chi connectivity index (χ4v) is 3.07. The van der Waals surface area contributed by atoms with Gasteiger partial charge in [-0.3, -0.25) is 4.79 Å². The lowest BCUT2D eigenvalue weighted by Gasteiger charge is -2.25. The summed E-state index contributed by atoms with van der Waals surface area (Å²) in [6.45, 7) is 10.1. The molecule has 4 heteroatoms. The van der Waals surface area contributed by atoms with Crippen LogP contribution in [0.5, 0.6) is 0 Å². The van der Waals surface area contributed by atoms with Gasteiger partial charge in [-0.15, -0.1) is 0 Å². The third-order valence-corrected chi connectivity index (χ3v) is 4.80. The van der Waals surface area contributed by atoms with Crippen LogP contribution in [-0.2, 0) is 20.9 Å². The van der Waals surface area contributed by atoms with Crippen molar-refractivity contribution in [1.82, 2.24) is 4.90 Å². The topological polar surface area (TPSA) is 38.8 Å². The van der Waals surface area contributed by atoms with E-state index >= 15 is 0 Å². The van der Waals surface area contributed by atoms with Crippen molar-refractivity contribution in [3.8, 4) is 0 Å². The van der Waals surface area contributed by atoms with E-state index in [0.29, 0.717) is 19.6 Å². The van der Waals surface area contributed by atoms with Crippen LogP contribution in [0.4, 0.5) is 0 Å². The minimum Gasteiger partial charge on any atom is -0.459 e. The molecule has 1 rings (SSSR count). The van der Waals surface area contributed by atoms with E-state index in [4.69, 9.17) is 9.47 Å². The summed E-state index contributed by atoms with van der Waals surface area (Å²) in [4.78, 5) is 14.5. The van der Waals surface area contributed by atoms with Gasteiger partial charge in [-0.1, -0.05) is 83.2 Å². The van der Waals surface area contributed by atoms with Crippen LogP contribution >= 0.6 is 0 Å². The number of benzene rings is 1.